The van der Waals surface area contributed by atoms with Crippen LogP contribution >= 0.6 is 0 Å². The molecule has 0 aliphatic rings. The lowest BCUT2D eigenvalue weighted by Gasteiger charge is -2.36. The highest BCUT2D eigenvalue weighted by Gasteiger charge is 2.25. The summed E-state index contributed by atoms with van der Waals surface area (Å²) in [6, 6.07) is 28.9. The van der Waals surface area contributed by atoms with Gasteiger partial charge in [-0.3, -0.25) is 4.90 Å². The van der Waals surface area contributed by atoms with Crippen molar-refractivity contribution in [2.75, 3.05) is 13.7 Å². The Hall–Kier alpha value is -2.62. The first-order valence-electron chi connectivity index (χ1n) is 9.32. The fraction of sp³-hybridized carbons (Fsp3) is 0.250. The quantitative estimate of drug-likeness (QED) is 0.613. The third-order valence-electron chi connectivity index (χ3n) is 5.06. The highest BCUT2D eigenvalue weighted by atomic mass is 16.5. The summed E-state index contributed by atoms with van der Waals surface area (Å²) in [5, 5.41) is 10.2. The lowest BCUT2D eigenvalue weighted by atomic mass is 9.99. The Morgan fingerprint density at radius 2 is 1.37 bits per heavy atom. The van der Waals surface area contributed by atoms with Crippen LogP contribution in [0.25, 0.3) is 0 Å². The maximum atomic E-state index is 10.2. The van der Waals surface area contributed by atoms with Crippen LogP contribution < -0.4 is 4.74 Å². The van der Waals surface area contributed by atoms with Crippen molar-refractivity contribution in [2.24, 2.45) is 0 Å². The predicted molar refractivity (Wildman–Crippen MR) is 110 cm³/mol. The van der Waals surface area contributed by atoms with E-state index in [4.69, 9.17) is 4.74 Å². The van der Waals surface area contributed by atoms with Gasteiger partial charge in [-0.2, -0.15) is 0 Å². The van der Waals surface area contributed by atoms with Gasteiger partial charge in [-0.15, -0.1) is 0 Å². The zero-order chi connectivity index (χ0) is 19.1. The van der Waals surface area contributed by atoms with E-state index in [1.165, 1.54) is 11.1 Å². The maximum Gasteiger partial charge on any atom is 0.118 e. The summed E-state index contributed by atoms with van der Waals surface area (Å²) >= 11 is 0. The van der Waals surface area contributed by atoms with Crippen LogP contribution in [0, 0.1) is 0 Å². The monoisotopic (exact) mass is 361 g/mol. The van der Waals surface area contributed by atoms with Gasteiger partial charge in [-0.05, 0) is 35.7 Å². The van der Waals surface area contributed by atoms with Crippen LogP contribution in [0.3, 0.4) is 0 Å². The Kier molecular flexibility index (Phi) is 6.64. The van der Waals surface area contributed by atoms with Gasteiger partial charge in [-0.25, -0.2) is 0 Å². The molecule has 0 aromatic heterocycles. The van der Waals surface area contributed by atoms with E-state index in [-0.39, 0.29) is 18.7 Å². The van der Waals surface area contributed by atoms with Gasteiger partial charge >= 0.3 is 0 Å². The Balaban J connectivity index is 1.94. The normalized spacial score (nSPS) is 13.3. The van der Waals surface area contributed by atoms with Crippen molar-refractivity contribution >= 4 is 0 Å². The summed E-state index contributed by atoms with van der Waals surface area (Å²) in [4.78, 5) is 2.35. The Bertz CT molecular complexity index is 803. The van der Waals surface area contributed by atoms with E-state index in [0.717, 1.165) is 17.9 Å². The summed E-state index contributed by atoms with van der Waals surface area (Å²) in [5.74, 6) is 0.850. The summed E-state index contributed by atoms with van der Waals surface area (Å²) < 4.78 is 5.28. The van der Waals surface area contributed by atoms with Crippen molar-refractivity contribution in [2.45, 2.75) is 25.6 Å². The van der Waals surface area contributed by atoms with E-state index in [1.807, 2.05) is 36.4 Å². The summed E-state index contributed by atoms with van der Waals surface area (Å²) in [5.41, 5.74) is 3.55. The van der Waals surface area contributed by atoms with E-state index < -0.39 is 0 Å². The fourth-order valence-electron chi connectivity index (χ4n) is 3.46. The van der Waals surface area contributed by atoms with Crippen LogP contribution in [-0.2, 0) is 6.54 Å². The minimum atomic E-state index is -0.0801. The molecule has 0 unspecified atom stereocenters. The number of benzene rings is 3. The summed E-state index contributed by atoms with van der Waals surface area (Å²) in [6.07, 6.45) is 0. The van der Waals surface area contributed by atoms with E-state index >= 15 is 0 Å². The van der Waals surface area contributed by atoms with Crippen LogP contribution in [0.1, 0.15) is 35.7 Å². The van der Waals surface area contributed by atoms with Crippen LogP contribution in [0.5, 0.6) is 5.75 Å². The Morgan fingerprint density at radius 3 is 1.89 bits per heavy atom. The topological polar surface area (TPSA) is 32.7 Å². The number of hydrogen-bond donors (Lipinski definition) is 1. The molecule has 27 heavy (non-hydrogen) atoms. The maximum absolute atomic E-state index is 10.2. The van der Waals surface area contributed by atoms with E-state index in [1.54, 1.807) is 7.11 Å². The van der Waals surface area contributed by atoms with E-state index in [2.05, 4.69) is 60.4 Å². The SMILES string of the molecule is COc1ccc(CN([C@H](C)c2ccccc2)[C@@H](CO)c2ccccc2)cc1. The fourth-order valence-corrected chi connectivity index (χ4v) is 3.46. The first-order valence-corrected chi connectivity index (χ1v) is 9.32. The summed E-state index contributed by atoms with van der Waals surface area (Å²) in [6.45, 7) is 3.00. The minimum Gasteiger partial charge on any atom is -0.497 e. The zero-order valence-electron chi connectivity index (χ0n) is 16.0. The number of nitrogens with zero attached hydrogens (tertiary/aromatic N) is 1. The molecule has 3 aromatic carbocycles. The molecule has 0 radical (unpaired) electrons. The lowest BCUT2D eigenvalue weighted by molar-refractivity contribution is 0.0811. The molecule has 0 fully saturated rings. The molecule has 0 aliphatic carbocycles. The molecular formula is C24H27NO2. The molecule has 140 valence electrons. The molecular weight excluding hydrogens is 334 g/mol. The van der Waals surface area contributed by atoms with Gasteiger partial charge in [0.2, 0.25) is 0 Å². The molecule has 2 atom stereocenters. The van der Waals surface area contributed by atoms with Crippen LogP contribution in [0.15, 0.2) is 84.9 Å². The van der Waals surface area contributed by atoms with Gasteiger partial charge in [0.15, 0.2) is 0 Å². The van der Waals surface area contributed by atoms with Gasteiger partial charge in [0.1, 0.15) is 5.75 Å². The number of hydrogen-bond acceptors (Lipinski definition) is 3. The van der Waals surface area contributed by atoms with Crippen molar-refractivity contribution in [3.63, 3.8) is 0 Å². The van der Waals surface area contributed by atoms with Gasteiger partial charge < -0.3 is 9.84 Å². The molecule has 1 N–H and O–H groups in total. The number of aliphatic hydroxyl groups excluding tert-OH is 1. The van der Waals surface area contributed by atoms with Gasteiger partial charge in [-0.1, -0.05) is 72.8 Å². The van der Waals surface area contributed by atoms with Crippen LogP contribution in [-0.4, -0.2) is 23.7 Å². The molecule has 3 rings (SSSR count). The lowest BCUT2D eigenvalue weighted by Crippen LogP contribution is -2.33. The zero-order valence-corrected chi connectivity index (χ0v) is 16.0. The highest BCUT2D eigenvalue weighted by molar-refractivity contribution is 5.28. The van der Waals surface area contributed by atoms with Crippen LogP contribution in [0.2, 0.25) is 0 Å². The molecule has 0 amide bonds. The standard InChI is InChI=1S/C24H27NO2/c1-19(21-9-5-3-6-10-21)25(17-20-13-15-23(27-2)16-14-20)24(18-26)22-11-7-4-8-12-22/h3-16,19,24,26H,17-18H2,1-2H3/t19-,24+/m1/s1. The average molecular weight is 361 g/mol. The second kappa shape index (κ2) is 9.36. The second-order valence-electron chi connectivity index (χ2n) is 6.72. The highest BCUT2D eigenvalue weighted by Crippen LogP contribution is 2.32. The molecule has 0 bridgehead atoms. The predicted octanol–water partition coefficient (Wildman–Crippen LogP) is 4.99. The van der Waals surface area contributed by atoms with Gasteiger partial charge in [0.05, 0.1) is 19.8 Å². The first-order chi connectivity index (χ1) is 13.2. The smallest absolute Gasteiger partial charge is 0.118 e. The molecule has 0 aliphatic heterocycles. The number of aliphatic hydroxyl groups is 1. The summed E-state index contributed by atoms with van der Waals surface area (Å²) in [7, 11) is 1.68. The molecule has 0 saturated heterocycles. The van der Waals surface area contributed by atoms with E-state index in [0.29, 0.717) is 0 Å². The van der Waals surface area contributed by atoms with Crippen molar-refractivity contribution in [1.29, 1.82) is 0 Å². The Labute approximate surface area is 161 Å². The number of methoxy groups -OCH3 is 1. The third kappa shape index (κ3) is 4.76. The van der Waals surface area contributed by atoms with Gasteiger partial charge in [0, 0.05) is 12.6 Å². The molecule has 0 spiro atoms. The Morgan fingerprint density at radius 1 is 0.815 bits per heavy atom. The van der Waals surface area contributed by atoms with E-state index in [9.17, 15) is 5.11 Å². The molecule has 3 nitrogen and oxygen atoms in total. The minimum absolute atomic E-state index is 0.0668. The van der Waals surface area contributed by atoms with Crippen molar-refractivity contribution < 1.29 is 9.84 Å². The molecule has 0 saturated carbocycles. The average Bonchev–Trinajstić information content (AvgIpc) is 2.75. The molecule has 0 heterocycles. The van der Waals surface area contributed by atoms with Crippen molar-refractivity contribution in [3.05, 3.63) is 102 Å². The van der Waals surface area contributed by atoms with Crippen LogP contribution in [0.4, 0.5) is 0 Å². The van der Waals surface area contributed by atoms with Crippen molar-refractivity contribution in [3.8, 4) is 5.75 Å². The van der Waals surface area contributed by atoms with Crippen molar-refractivity contribution in [1.82, 2.24) is 4.90 Å². The largest absolute Gasteiger partial charge is 0.497 e. The molecule has 3 heteroatoms. The van der Waals surface area contributed by atoms with Gasteiger partial charge in [0.25, 0.3) is 0 Å². The number of ether oxygens (including phenoxy) is 1. The number of rotatable bonds is 8. The second-order valence-corrected chi connectivity index (χ2v) is 6.72. The molecule has 3 aromatic rings. The first kappa shape index (κ1) is 19.2. The third-order valence-corrected chi connectivity index (χ3v) is 5.06.